The molecule has 0 fully saturated rings. The number of aromatic nitrogens is 1. The molecule has 9 heteroatoms. The SMILES string of the molecule is C[C@@H]1Oc2ccc(NC(=O)CNC(=O)c3cc(Cl)ccn3)cc2NC1=O. The third-order valence-corrected chi connectivity index (χ3v) is 3.79. The van der Waals surface area contributed by atoms with E-state index in [4.69, 9.17) is 16.3 Å². The molecule has 3 amide bonds. The maximum atomic E-state index is 12.0. The van der Waals surface area contributed by atoms with Crippen molar-refractivity contribution < 1.29 is 19.1 Å². The molecule has 0 aliphatic carbocycles. The first-order valence-electron chi connectivity index (χ1n) is 7.73. The molecule has 1 aliphatic rings. The molecule has 134 valence electrons. The Hall–Kier alpha value is -3.13. The van der Waals surface area contributed by atoms with Crippen LogP contribution in [-0.4, -0.2) is 35.4 Å². The van der Waals surface area contributed by atoms with E-state index < -0.39 is 17.9 Å². The molecule has 2 heterocycles. The number of hydrogen-bond donors (Lipinski definition) is 3. The minimum absolute atomic E-state index is 0.119. The van der Waals surface area contributed by atoms with Crippen LogP contribution in [0, 0.1) is 0 Å². The summed E-state index contributed by atoms with van der Waals surface area (Å²) in [7, 11) is 0. The predicted molar refractivity (Wildman–Crippen MR) is 95.4 cm³/mol. The number of hydrogen-bond acceptors (Lipinski definition) is 5. The number of pyridine rings is 1. The number of anilines is 2. The summed E-state index contributed by atoms with van der Waals surface area (Å²) in [6, 6.07) is 7.82. The zero-order valence-corrected chi connectivity index (χ0v) is 14.5. The highest BCUT2D eigenvalue weighted by Crippen LogP contribution is 2.32. The fraction of sp³-hybridized carbons (Fsp3) is 0.176. The molecule has 1 aromatic heterocycles. The fourth-order valence-corrected chi connectivity index (χ4v) is 2.43. The van der Waals surface area contributed by atoms with Crippen molar-refractivity contribution in [3.05, 3.63) is 47.2 Å². The molecule has 26 heavy (non-hydrogen) atoms. The van der Waals surface area contributed by atoms with Gasteiger partial charge in [-0.3, -0.25) is 19.4 Å². The number of amides is 3. The monoisotopic (exact) mass is 374 g/mol. The van der Waals surface area contributed by atoms with Crippen molar-refractivity contribution >= 4 is 40.7 Å². The number of rotatable bonds is 4. The number of benzene rings is 1. The van der Waals surface area contributed by atoms with Crippen LogP contribution >= 0.6 is 11.6 Å². The number of ether oxygens (including phenoxy) is 1. The van der Waals surface area contributed by atoms with E-state index in [1.54, 1.807) is 31.2 Å². The van der Waals surface area contributed by atoms with Gasteiger partial charge < -0.3 is 20.7 Å². The Morgan fingerprint density at radius 1 is 1.31 bits per heavy atom. The van der Waals surface area contributed by atoms with Crippen LogP contribution in [0.15, 0.2) is 36.5 Å². The quantitative estimate of drug-likeness (QED) is 0.756. The summed E-state index contributed by atoms with van der Waals surface area (Å²) in [5.74, 6) is -0.683. The first kappa shape index (κ1) is 17.7. The van der Waals surface area contributed by atoms with Crippen LogP contribution in [0.1, 0.15) is 17.4 Å². The Kier molecular flexibility index (Phi) is 5.04. The van der Waals surface area contributed by atoms with Gasteiger partial charge in [0.05, 0.1) is 12.2 Å². The normalized spacial score (nSPS) is 15.3. The van der Waals surface area contributed by atoms with Gasteiger partial charge in [-0.25, -0.2) is 0 Å². The Labute approximate surface area is 153 Å². The van der Waals surface area contributed by atoms with Crippen molar-refractivity contribution in [2.75, 3.05) is 17.2 Å². The second-order valence-corrected chi connectivity index (χ2v) is 5.99. The number of nitrogens with zero attached hydrogens (tertiary/aromatic N) is 1. The van der Waals surface area contributed by atoms with Crippen molar-refractivity contribution in [2.24, 2.45) is 0 Å². The molecule has 3 rings (SSSR count). The van der Waals surface area contributed by atoms with Crippen molar-refractivity contribution in [2.45, 2.75) is 13.0 Å². The standard InChI is InChI=1S/C17H15ClN4O4/c1-9-16(24)22-12-7-11(2-3-14(12)26-9)21-15(23)8-20-17(25)13-6-10(18)4-5-19-13/h2-7,9H,8H2,1H3,(H,20,25)(H,21,23)(H,22,24)/t9-/m0/s1. The van der Waals surface area contributed by atoms with Crippen LogP contribution in [0.2, 0.25) is 5.02 Å². The van der Waals surface area contributed by atoms with Gasteiger partial charge in [0.2, 0.25) is 5.91 Å². The van der Waals surface area contributed by atoms with E-state index in [1.807, 2.05) is 0 Å². The minimum atomic E-state index is -0.571. The van der Waals surface area contributed by atoms with Crippen LogP contribution in [-0.2, 0) is 9.59 Å². The Bertz CT molecular complexity index is 887. The van der Waals surface area contributed by atoms with Crippen LogP contribution in [0.25, 0.3) is 0 Å². The average molecular weight is 375 g/mol. The van der Waals surface area contributed by atoms with Gasteiger partial charge >= 0.3 is 0 Å². The van der Waals surface area contributed by atoms with Gasteiger partial charge in [-0.1, -0.05) is 11.6 Å². The van der Waals surface area contributed by atoms with E-state index in [1.165, 1.54) is 12.3 Å². The average Bonchev–Trinajstić information content (AvgIpc) is 2.61. The number of carbonyl (C=O) groups is 3. The summed E-state index contributed by atoms with van der Waals surface area (Å²) in [5.41, 5.74) is 1.05. The smallest absolute Gasteiger partial charge is 0.270 e. The zero-order valence-electron chi connectivity index (χ0n) is 13.7. The molecule has 0 spiro atoms. The van der Waals surface area contributed by atoms with Gasteiger partial charge in [0.25, 0.3) is 11.8 Å². The molecule has 1 aliphatic heterocycles. The molecule has 1 atom stereocenters. The van der Waals surface area contributed by atoms with E-state index in [-0.39, 0.29) is 18.1 Å². The highest BCUT2D eigenvalue weighted by Gasteiger charge is 2.23. The molecule has 0 radical (unpaired) electrons. The summed E-state index contributed by atoms with van der Waals surface area (Å²) in [4.78, 5) is 39.5. The summed E-state index contributed by atoms with van der Waals surface area (Å²) >= 11 is 5.80. The minimum Gasteiger partial charge on any atom is -0.479 e. The van der Waals surface area contributed by atoms with Gasteiger partial charge in [-0.05, 0) is 37.3 Å². The largest absolute Gasteiger partial charge is 0.479 e. The van der Waals surface area contributed by atoms with Crippen molar-refractivity contribution in [3.63, 3.8) is 0 Å². The fourth-order valence-electron chi connectivity index (χ4n) is 2.27. The van der Waals surface area contributed by atoms with E-state index >= 15 is 0 Å². The summed E-state index contributed by atoms with van der Waals surface area (Å²) in [6.07, 6.45) is 0.833. The number of carbonyl (C=O) groups excluding carboxylic acids is 3. The molecule has 8 nitrogen and oxygen atoms in total. The molecular weight excluding hydrogens is 360 g/mol. The Balaban J connectivity index is 1.58. The molecule has 0 bridgehead atoms. The second-order valence-electron chi connectivity index (χ2n) is 5.55. The highest BCUT2D eigenvalue weighted by atomic mass is 35.5. The predicted octanol–water partition coefficient (Wildman–Crippen LogP) is 1.82. The van der Waals surface area contributed by atoms with E-state index in [2.05, 4.69) is 20.9 Å². The second kappa shape index (κ2) is 7.40. The van der Waals surface area contributed by atoms with E-state index in [9.17, 15) is 14.4 Å². The highest BCUT2D eigenvalue weighted by molar-refractivity contribution is 6.30. The van der Waals surface area contributed by atoms with E-state index in [0.717, 1.165) is 0 Å². The molecule has 1 aromatic carbocycles. The van der Waals surface area contributed by atoms with Crippen molar-refractivity contribution in [1.82, 2.24) is 10.3 Å². The summed E-state index contributed by atoms with van der Waals surface area (Å²) in [5, 5.41) is 8.16. The molecule has 0 saturated heterocycles. The van der Waals surface area contributed by atoms with Crippen molar-refractivity contribution in [3.8, 4) is 5.75 Å². The van der Waals surface area contributed by atoms with E-state index in [0.29, 0.717) is 22.1 Å². The maximum Gasteiger partial charge on any atom is 0.270 e. The van der Waals surface area contributed by atoms with Gasteiger partial charge in [0, 0.05) is 16.9 Å². The first-order valence-corrected chi connectivity index (χ1v) is 8.11. The van der Waals surface area contributed by atoms with Crippen LogP contribution in [0.5, 0.6) is 5.75 Å². The molecule has 2 aromatic rings. The third-order valence-electron chi connectivity index (χ3n) is 3.56. The number of nitrogens with one attached hydrogen (secondary N) is 3. The Morgan fingerprint density at radius 3 is 2.88 bits per heavy atom. The summed E-state index contributed by atoms with van der Waals surface area (Å²) < 4.78 is 5.44. The molecule has 0 saturated carbocycles. The van der Waals surface area contributed by atoms with Crippen molar-refractivity contribution in [1.29, 1.82) is 0 Å². The van der Waals surface area contributed by atoms with Crippen LogP contribution in [0.4, 0.5) is 11.4 Å². The molecule has 0 unspecified atom stereocenters. The van der Waals surface area contributed by atoms with Gasteiger partial charge in [0.1, 0.15) is 11.4 Å². The van der Waals surface area contributed by atoms with Crippen LogP contribution < -0.4 is 20.7 Å². The first-order chi connectivity index (χ1) is 12.4. The maximum absolute atomic E-state index is 12.0. The lowest BCUT2D eigenvalue weighted by Gasteiger charge is -2.23. The topological polar surface area (TPSA) is 109 Å². The van der Waals surface area contributed by atoms with Gasteiger partial charge in [0.15, 0.2) is 6.10 Å². The lowest BCUT2D eigenvalue weighted by Crippen LogP contribution is -2.34. The van der Waals surface area contributed by atoms with Gasteiger partial charge in [-0.2, -0.15) is 0 Å². The van der Waals surface area contributed by atoms with Gasteiger partial charge in [-0.15, -0.1) is 0 Å². The number of fused-ring (bicyclic) bond motifs is 1. The Morgan fingerprint density at radius 2 is 2.12 bits per heavy atom. The molecule has 3 N–H and O–H groups in total. The third kappa shape index (κ3) is 4.09. The zero-order chi connectivity index (χ0) is 18.7. The van der Waals surface area contributed by atoms with Crippen LogP contribution in [0.3, 0.4) is 0 Å². The summed E-state index contributed by atoms with van der Waals surface area (Å²) in [6.45, 7) is 1.40. The lowest BCUT2D eigenvalue weighted by molar-refractivity contribution is -0.122. The molecular formula is C17H15ClN4O4. The number of halogens is 1. The lowest BCUT2D eigenvalue weighted by atomic mass is 10.2.